The van der Waals surface area contributed by atoms with Gasteiger partial charge in [0.1, 0.15) is 6.61 Å². The van der Waals surface area contributed by atoms with Crippen LogP contribution in [0.1, 0.15) is 41.2 Å². The highest BCUT2D eigenvalue weighted by atomic mass is 16.5. The number of rotatable bonds is 3. The minimum atomic E-state index is -0.579. The largest absolute Gasteiger partial charge is 0.489 e. The van der Waals surface area contributed by atoms with E-state index in [2.05, 4.69) is 45.1 Å². The van der Waals surface area contributed by atoms with Crippen molar-refractivity contribution in [2.24, 2.45) is 0 Å². The molecular weight excluding hydrogens is 340 g/mol. The smallest absolute Gasteiger partial charge is 0.274 e. The minimum Gasteiger partial charge on any atom is -0.489 e. The van der Waals surface area contributed by atoms with Crippen LogP contribution in [-0.2, 0) is 12.1 Å². The number of amides is 1. The monoisotopic (exact) mass is 364 g/mol. The second-order valence-corrected chi connectivity index (χ2v) is 7.42. The van der Waals surface area contributed by atoms with E-state index in [0.29, 0.717) is 24.6 Å². The van der Waals surface area contributed by atoms with Gasteiger partial charge in [0.2, 0.25) is 0 Å². The lowest BCUT2D eigenvalue weighted by atomic mass is 10.00. The first-order valence-electron chi connectivity index (χ1n) is 9.18. The van der Waals surface area contributed by atoms with Crippen molar-refractivity contribution in [2.45, 2.75) is 32.9 Å². The Morgan fingerprint density at radius 3 is 3.00 bits per heavy atom. The minimum absolute atomic E-state index is 0.235. The zero-order chi connectivity index (χ0) is 19.0. The third-order valence-corrected chi connectivity index (χ3v) is 5.01. The lowest BCUT2D eigenvalue weighted by Gasteiger charge is -2.27. The lowest BCUT2D eigenvalue weighted by molar-refractivity contribution is 0.0900. The van der Waals surface area contributed by atoms with Crippen molar-refractivity contribution in [1.82, 2.24) is 20.0 Å². The molecule has 3 aromatic rings. The summed E-state index contributed by atoms with van der Waals surface area (Å²) in [4.78, 5) is 17.4. The van der Waals surface area contributed by atoms with E-state index in [1.54, 1.807) is 6.20 Å². The second kappa shape index (κ2) is 6.70. The van der Waals surface area contributed by atoms with Gasteiger partial charge in [0.05, 0.1) is 5.54 Å². The summed E-state index contributed by atoms with van der Waals surface area (Å²) < 4.78 is 7.92. The van der Waals surface area contributed by atoms with E-state index in [-0.39, 0.29) is 5.91 Å². The quantitative estimate of drug-likeness (QED) is 0.750. The molecule has 0 radical (unpaired) electrons. The van der Waals surface area contributed by atoms with Crippen LogP contribution in [0, 0.1) is 6.92 Å². The summed E-state index contributed by atoms with van der Waals surface area (Å²) in [5.74, 6) is 0.341. The van der Waals surface area contributed by atoms with Crippen LogP contribution in [0.5, 0.6) is 5.75 Å². The summed E-state index contributed by atoms with van der Waals surface area (Å²) in [6.45, 7) is 8.02. The van der Waals surface area contributed by atoms with Gasteiger partial charge in [-0.3, -0.25) is 4.79 Å². The van der Waals surface area contributed by atoms with Crippen molar-refractivity contribution < 1.29 is 9.53 Å². The van der Waals surface area contributed by atoms with Crippen molar-refractivity contribution in [3.8, 4) is 5.75 Å². The fourth-order valence-electron chi connectivity index (χ4n) is 3.60. The molecule has 4 heterocycles. The number of ether oxygens (including phenoxy) is 1. The Balaban J connectivity index is 1.67. The Labute approximate surface area is 158 Å². The van der Waals surface area contributed by atoms with Gasteiger partial charge in [0.15, 0.2) is 11.4 Å². The molecule has 1 amide bonds. The Bertz CT molecular complexity index is 1010. The molecule has 0 atom stereocenters. The van der Waals surface area contributed by atoms with Gasteiger partial charge < -0.3 is 19.8 Å². The van der Waals surface area contributed by atoms with Crippen molar-refractivity contribution in [1.29, 1.82) is 0 Å². The average Bonchev–Trinajstić information content (AvgIpc) is 2.94. The third kappa shape index (κ3) is 3.17. The normalized spacial score (nSPS) is 14.3. The number of nitrogens with one attached hydrogen (secondary N) is 2. The molecule has 4 rings (SSSR count). The molecule has 0 spiro atoms. The topological polar surface area (TPSA) is 67.7 Å². The molecule has 0 fully saturated rings. The van der Waals surface area contributed by atoms with E-state index in [1.807, 2.05) is 32.2 Å². The molecule has 0 unspecified atom stereocenters. The Hall–Kier alpha value is -2.86. The number of nitrogens with zero attached hydrogens (tertiary/aromatic N) is 2. The van der Waals surface area contributed by atoms with Crippen LogP contribution in [0.3, 0.4) is 0 Å². The summed E-state index contributed by atoms with van der Waals surface area (Å²) in [6, 6.07) is 10.1. The number of fused-ring (bicyclic) bond motifs is 2. The second-order valence-electron chi connectivity index (χ2n) is 7.42. The molecule has 0 aromatic carbocycles. The molecule has 6 nitrogen and oxygen atoms in total. The molecule has 0 bridgehead atoms. The molecule has 1 aliphatic rings. The van der Waals surface area contributed by atoms with E-state index >= 15 is 0 Å². The van der Waals surface area contributed by atoms with Crippen LogP contribution >= 0.6 is 0 Å². The molecule has 0 aliphatic carbocycles. The SMILES string of the molecule is Cc1cccn2c(C(C)(C)NC(=O)c3nccc4c3OCCNC4)ccc12. The van der Waals surface area contributed by atoms with Gasteiger partial charge in [-0.25, -0.2) is 4.98 Å². The Morgan fingerprint density at radius 1 is 1.30 bits per heavy atom. The first kappa shape index (κ1) is 17.5. The first-order valence-corrected chi connectivity index (χ1v) is 9.18. The fraction of sp³-hybridized carbons (Fsp3) is 0.333. The van der Waals surface area contributed by atoms with Gasteiger partial charge in [-0.15, -0.1) is 0 Å². The van der Waals surface area contributed by atoms with Crippen molar-refractivity contribution in [3.05, 3.63) is 65.2 Å². The number of hydrogen-bond acceptors (Lipinski definition) is 4. The highest BCUT2D eigenvalue weighted by Gasteiger charge is 2.29. The number of carbonyl (C=O) groups excluding carboxylic acids is 1. The molecule has 140 valence electrons. The van der Waals surface area contributed by atoms with Gasteiger partial charge >= 0.3 is 0 Å². The molecule has 1 aliphatic heterocycles. The highest BCUT2D eigenvalue weighted by molar-refractivity contribution is 5.95. The predicted octanol–water partition coefficient (Wildman–Crippen LogP) is 2.79. The number of carbonyl (C=O) groups is 1. The fourth-order valence-corrected chi connectivity index (χ4v) is 3.60. The van der Waals surface area contributed by atoms with Gasteiger partial charge in [0, 0.05) is 42.3 Å². The summed E-state index contributed by atoms with van der Waals surface area (Å²) in [5.41, 5.74) is 4.05. The zero-order valence-corrected chi connectivity index (χ0v) is 15.9. The van der Waals surface area contributed by atoms with Crippen molar-refractivity contribution in [2.75, 3.05) is 13.2 Å². The lowest BCUT2D eigenvalue weighted by Crippen LogP contribution is -2.42. The highest BCUT2D eigenvalue weighted by Crippen LogP contribution is 2.27. The Morgan fingerprint density at radius 2 is 2.15 bits per heavy atom. The molecule has 0 saturated carbocycles. The maximum absolute atomic E-state index is 13.1. The van der Waals surface area contributed by atoms with E-state index in [9.17, 15) is 4.79 Å². The van der Waals surface area contributed by atoms with E-state index < -0.39 is 5.54 Å². The van der Waals surface area contributed by atoms with Crippen LogP contribution < -0.4 is 15.4 Å². The van der Waals surface area contributed by atoms with Gasteiger partial charge in [-0.05, 0) is 50.6 Å². The summed E-state index contributed by atoms with van der Waals surface area (Å²) in [6.07, 6.45) is 3.68. The van der Waals surface area contributed by atoms with Crippen molar-refractivity contribution >= 4 is 11.4 Å². The van der Waals surface area contributed by atoms with Crippen LogP contribution in [0.4, 0.5) is 0 Å². The number of aryl methyl sites for hydroxylation is 1. The third-order valence-electron chi connectivity index (χ3n) is 5.01. The summed E-state index contributed by atoms with van der Waals surface area (Å²) >= 11 is 0. The van der Waals surface area contributed by atoms with E-state index in [1.165, 1.54) is 5.56 Å². The summed E-state index contributed by atoms with van der Waals surface area (Å²) in [7, 11) is 0. The Kier molecular flexibility index (Phi) is 4.36. The van der Waals surface area contributed by atoms with Crippen LogP contribution in [0.2, 0.25) is 0 Å². The summed E-state index contributed by atoms with van der Waals surface area (Å²) in [5, 5.41) is 6.41. The van der Waals surface area contributed by atoms with Crippen LogP contribution in [0.25, 0.3) is 5.52 Å². The molecule has 27 heavy (non-hydrogen) atoms. The van der Waals surface area contributed by atoms with Crippen molar-refractivity contribution in [3.63, 3.8) is 0 Å². The predicted molar refractivity (Wildman–Crippen MR) is 104 cm³/mol. The van der Waals surface area contributed by atoms with Crippen LogP contribution in [-0.4, -0.2) is 28.4 Å². The number of hydrogen-bond donors (Lipinski definition) is 2. The standard InChI is InChI=1S/C21H24N4O2/c1-14-5-4-11-25-16(14)6-7-17(25)21(2,3)24-20(26)18-19-15(8-9-23-18)13-22-10-12-27-19/h4-9,11,22H,10,12-13H2,1-3H3,(H,24,26). The average molecular weight is 364 g/mol. The van der Waals surface area contributed by atoms with Gasteiger partial charge in [-0.1, -0.05) is 6.07 Å². The van der Waals surface area contributed by atoms with Gasteiger partial charge in [0.25, 0.3) is 5.91 Å². The first-order chi connectivity index (χ1) is 13.0. The van der Waals surface area contributed by atoms with E-state index in [0.717, 1.165) is 23.3 Å². The molecule has 3 aromatic heterocycles. The molecule has 0 saturated heterocycles. The molecular formula is C21H24N4O2. The maximum Gasteiger partial charge on any atom is 0.274 e. The van der Waals surface area contributed by atoms with E-state index in [4.69, 9.17) is 4.74 Å². The number of pyridine rings is 2. The maximum atomic E-state index is 13.1. The van der Waals surface area contributed by atoms with Gasteiger partial charge in [-0.2, -0.15) is 0 Å². The van der Waals surface area contributed by atoms with Crippen LogP contribution in [0.15, 0.2) is 42.7 Å². The zero-order valence-electron chi connectivity index (χ0n) is 15.9. The molecule has 6 heteroatoms. The number of aromatic nitrogens is 2. The molecule has 2 N–H and O–H groups in total.